The van der Waals surface area contributed by atoms with E-state index >= 15 is 0 Å². The molecule has 0 spiro atoms. The third-order valence-electron chi connectivity index (χ3n) is 0.599. The highest BCUT2D eigenvalue weighted by molar-refractivity contribution is 9.11. The van der Waals surface area contributed by atoms with Gasteiger partial charge in [0.15, 0.2) is 0 Å². The molecule has 2 heteroatoms. The monoisotopic (exact) mass is 187 g/mol. The lowest BCUT2D eigenvalue weighted by Crippen LogP contribution is -1.67. The lowest BCUT2D eigenvalue weighted by atomic mass is 10.5. The van der Waals surface area contributed by atoms with Gasteiger partial charge in [0, 0.05) is 11.9 Å². The van der Waals surface area contributed by atoms with Crippen molar-refractivity contribution in [2.75, 3.05) is 0 Å². The van der Waals surface area contributed by atoms with E-state index in [2.05, 4.69) is 27.5 Å². The fourth-order valence-corrected chi connectivity index (χ4v) is 0.385. The van der Waals surface area contributed by atoms with Crippen LogP contribution in [-0.4, -0.2) is 6.21 Å². The SMILES string of the molecule is C=C(C)N=C/C=C(\C)Br. The van der Waals surface area contributed by atoms with Gasteiger partial charge in [0.25, 0.3) is 0 Å². The molecule has 0 aromatic carbocycles. The van der Waals surface area contributed by atoms with Crippen molar-refractivity contribution < 1.29 is 0 Å². The molecule has 0 rings (SSSR count). The van der Waals surface area contributed by atoms with Crippen LogP contribution in [-0.2, 0) is 0 Å². The highest BCUT2D eigenvalue weighted by Crippen LogP contribution is 1.99. The van der Waals surface area contributed by atoms with Crippen molar-refractivity contribution in [1.82, 2.24) is 0 Å². The Hall–Kier alpha value is -0.370. The molecular weight excluding hydrogens is 178 g/mol. The van der Waals surface area contributed by atoms with Gasteiger partial charge in [0.1, 0.15) is 0 Å². The van der Waals surface area contributed by atoms with Crippen LogP contribution in [0.1, 0.15) is 13.8 Å². The molecule has 0 radical (unpaired) electrons. The second-order valence-corrected chi connectivity index (χ2v) is 3.02. The molecule has 0 aromatic heterocycles. The Morgan fingerprint density at radius 1 is 1.56 bits per heavy atom. The Morgan fingerprint density at radius 3 is 2.44 bits per heavy atom. The number of hydrogen-bond donors (Lipinski definition) is 0. The molecule has 0 aromatic rings. The minimum atomic E-state index is 0.819. The maximum Gasteiger partial charge on any atom is 0.0300 e. The molecule has 0 aliphatic carbocycles. The van der Waals surface area contributed by atoms with E-state index in [0.717, 1.165) is 10.2 Å². The molecule has 0 saturated heterocycles. The van der Waals surface area contributed by atoms with Gasteiger partial charge in [-0.25, -0.2) is 0 Å². The molecule has 0 aliphatic heterocycles. The van der Waals surface area contributed by atoms with E-state index in [9.17, 15) is 0 Å². The highest BCUT2D eigenvalue weighted by Gasteiger charge is 1.73. The molecule has 0 aliphatic rings. The number of hydrogen-bond acceptors (Lipinski definition) is 1. The van der Waals surface area contributed by atoms with Crippen LogP contribution >= 0.6 is 15.9 Å². The summed E-state index contributed by atoms with van der Waals surface area (Å²) in [7, 11) is 0. The normalized spacial score (nSPS) is 12.6. The highest BCUT2D eigenvalue weighted by atomic mass is 79.9. The standard InChI is InChI=1S/C7H10BrN/c1-6(2)9-5-4-7(3)8/h4-5H,1H2,2-3H3/b7-4+,9-5?. The lowest BCUT2D eigenvalue weighted by Gasteiger charge is -1.82. The smallest absolute Gasteiger partial charge is 0.0300 e. The van der Waals surface area contributed by atoms with Gasteiger partial charge >= 0.3 is 0 Å². The summed E-state index contributed by atoms with van der Waals surface area (Å²) in [5, 5.41) is 0. The second kappa shape index (κ2) is 4.50. The van der Waals surface area contributed by atoms with Crippen LogP contribution in [0.4, 0.5) is 0 Å². The summed E-state index contributed by atoms with van der Waals surface area (Å²) < 4.78 is 1.06. The van der Waals surface area contributed by atoms with E-state index in [0.29, 0.717) is 0 Å². The summed E-state index contributed by atoms with van der Waals surface area (Å²) in [5.74, 6) is 0. The van der Waals surface area contributed by atoms with E-state index < -0.39 is 0 Å². The van der Waals surface area contributed by atoms with Crippen LogP contribution in [0, 0.1) is 0 Å². The molecule has 0 atom stereocenters. The van der Waals surface area contributed by atoms with Crippen LogP contribution in [0.25, 0.3) is 0 Å². The second-order valence-electron chi connectivity index (χ2n) is 1.77. The van der Waals surface area contributed by atoms with E-state index in [1.807, 2.05) is 19.9 Å². The number of allylic oxidation sites excluding steroid dienone is 3. The maximum atomic E-state index is 3.94. The van der Waals surface area contributed by atoms with Gasteiger partial charge in [0.2, 0.25) is 0 Å². The summed E-state index contributed by atoms with van der Waals surface area (Å²) in [6.07, 6.45) is 3.58. The number of rotatable bonds is 2. The van der Waals surface area contributed by atoms with Crippen molar-refractivity contribution in [3.63, 3.8) is 0 Å². The lowest BCUT2D eigenvalue weighted by molar-refractivity contribution is 1.34. The molecule has 0 unspecified atom stereocenters. The molecule has 0 bridgehead atoms. The minimum absolute atomic E-state index is 0.819. The predicted molar refractivity (Wildman–Crippen MR) is 46.0 cm³/mol. The summed E-state index contributed by atoms with van der Waals surface area (Å²) in [6, 6.07) is 0. The van der Waals surface area contributed by atoms with Crippen LogP contribution < -0.4 is 0 Å². The van der Waals surface area contributed by atoms with E-state index in [1.165, 1.54) is 0 Å². The number of aliphatic imine (C=N–C) groups is 1. The Labute approximate surface area is 64.3 Å². The van der Waals surface area contributed by atoms with Gasteiger partial charge in [0.05, 0.1) is 0 Å². The average Bonchev–Trinajstić information content (AvgIpc) is 1.63. The zero-order chi connectivity index (χ0) is 7.28. The van der Waals surface area contributed by atoms with E-state index in [-0.39, 0.29) is 0 Å². The van der Waals surface area contributed by atoms with Gasteiger partial charge in [-0.15, -0.1) is 0 Å². The van der Waals surface area contributed by atoms with Crippen LogP contribution in [0.3, 0.4) is 0 Å². The molecule has 0 fully saturated rings. The zero-order valence-electron chi connectivity index (χ0n) is 5.69. The van der Waals surface area contributed by atoms with Gasteiger partial charge < -0.3 is 0 Å². The van der Waals surface area contributed by atoms with Crippen molar-refractivity contribution in [2.24, 2.45) is 4.99 Å². The van der Waals surface area contributed by atoms with Crippen molar-refractivity contribution >= 4 is 22.1 Å². The molecule has 9 heavy (non-hydrogen) atoms. The van der Waals surface area contributed by atoms with Gasteiger partial charge in [-0.2, -0.15) is 0 Å². The molecule has 0 saturated carbocycles. The predicted octanol–water partition coefficient (Wildman–Crippen LogP) is 2.89. The van der Waals surface area contributed by atoms with E-state index in [1.54, 1.807) is 6.21 Å². The van der Waals surface area contributed by atoms with Gasteiger partial charge in [-0.05, 0) is 24.4 Å². The maximum absolute atomic E-state index is 3.94. The Morgan fingerprint density at radius 2 is 2.11 bits per heavy atom. The minimum Gasteiger partial charge on any atom is -0.262 e. The van der Waals surface area contributed by atoms with Crippen molar-refractivity contribution in [1.29, 1.82) is 0 Å². The third-order valence-corrected chi connectivity index (χ3v) is 0.863. The van der Waals surface area contributed by atoms with Gasteiger partial charge in [-0.1, -0.05) is 22.5 Å². The topological polar surface area (TPSA) is 12.4 Å². The van der Waals surface area contributed by atoms with Gasteiger partial charge in [-0.3, -0.25) is 4.99 Å². The Bertz CT molecular complexity index is 152. The fourth-order valence-electron chi connectivity index (χ4n) is 0.267. The van der Waals surface area contributed by atoms with Crippen LogP contribution in [0.5, 0.6) is 0 Å². The first-order valence-electron chi connectivity index (χ1n) is 2.65. The van der Waals surface area contributed by atoms with Crippen LogP contribution in [0.15, 0.2) is 27.8 Å². The first-order valence-corrected chi connectivity index (χ1v) is 3.44. The Kier molecular flexibility index (Phi) is 4.32. The average molecular weight is 188 g/mol. The van der Waals surface area contributed by atoms with Crippen molar-refractivity contribution in [2.45, 2.75) is 13.8 Å². The summed E-state index contributed by atoms with van der Waals surface area (Å²) in [4.78, 5) is 3.94. The molecule has 1 nitrogen and oxygen atoms in total. The molecule has 0 N–H and O–H groups in total. The van der Waals surface area contributed by atoms with E-state index in [4.69, 9.17) is 0 Å². The van der Waals surface area contributed by atoms with Crippen LogP contribution in [0.2, 0.25) is 0 Å². The molecule has 0 amide bonds. The summed E-state index contributed by atoms with van der Waals surface area (Å²) in [5.41, 5.74) is 0.819. The largest absolute Gasteiger partial charge is 0.262 e. The Balaban J connectivity index is 3.74. The zero-order valence-corrected chi connectivity index (χ0v) is 7.27. The van der Waals surface area contributed by atoms with Crippen molar-refractivity contribution in [3.05, 3.63) is 22.8 Å². The summed E-state index contributed by atoms with van der Waals surface area (Å²) >= 11 is 3.26. The first-order chi connectivity index (χ1) is 4.13. The third kappa shape index (κ3) is 7.63. The van der Waals surface area contributed by atoms with Crippen molar-refractivity contribution in [3.8, 4) is 0 Å². The molecular formula is C7H10BrN. The summed E-state index contributed by atoms with van der Waals surface area (Å²) in [6.45, 7) is 7.41. The fraction of sp³-hybridized carbons (Fsp3) is 0.286. The molecule has 0 heterocycles. The number of nitrogens with zero attached hydrogens (tertiary/aromatic N) is 1. The first kappa shape index (κ1) is 8.63. The molecule has 50 valence electrons. The number of halogens is 1. The quantitative estimate of drug-likeness (QED) is 0.590.